The van der Waals surface area contributed by atoms with Crippen molar-refractivity contribution >= 4 is 5.69 Å². The van der Waals surface area contributed by atoms with E-state index in [1.54, 1.807) is 7.11 Å². The lowest BCUT2D eigenvalue weighted by Gasteiger charge is -2.20. The van der Waals surface area contributed by atoms with E-state index in [2.05, 4.69) is 48.6 Å². The first-order valence-corrected chi connectivity index (χ1v) is 7.79. The number of hydrogen-bond acceptors (Lipinski definition) is 2. The van der Waals surface area contributed by atoms with Crippen LogP contribution in [-0.4, -0.2) is 7.11 Å². The molecule has 1 fully saturated rings. The van der Waals surface area contributed by atoms with Crippen molar-refractivity contribution in [1.29, 1.82) is 0 Å². The smallest absolute Gasteiger partial charge is 0.118 e. The standard InChI is InChI=1S/C19H23NO/c1-3-14-4-10-17(11-5-14)20-19(15-6-7-15)16-8-12-18(21-2)13-9-16/h4-5,8-13,15,19-20H,3,6-7H2,1-2H3. The summed E-state index contributed by atoms with van der Waals surface area (Å²) in [4.78, 5) is 0. The zero-order valence-electron chi connectivity index (χ0n) is 12.8. The Morgan fingerprint density at radius 3 is 2.24 bits per heavy atom. The number of benzene rings is 2. The quantitative estimate of drug-likeness (QED) is 0.819. The summed E-state index contributed by atoms with van der Waals surface area (Å²) in [5.74, 6) is 1.67. The Labute approximate surface area is 127 Å². The maximum Gasteiger partial charge on any atom is 0.118 e. The van der Waals surface area contributed by atoms with Crippen LogP contribution in [0.25, 0.3) is 0 Å². The minimum Gasteiger partial charge on any atom is -0.497 e. The molecule has 3 rings (SSSR count). The van der Waals surface area contributed by atoms with Gasteiger partial charge in [-0.05, 0) is 60.6 Å². The number of rotatable bonds is 6. The van der Waals surface area contributed by atoms with E-state index in [1.165, 1.54) is 29.7 Å². The number of methoxy groups -OCH3 is 1. The molecular formula is C19H23NO. The Bertz CT molecular complexity index is 570. The molecular weight excluding hydrogens is 258 g/mol. The second-order valence-corrected chi connectivity index (χ2v) is 5.78. The Morgan fingerprint density at radius 2 is 1.71 bits per heavy atom. The first-order chi connectivity index (χ1) is 10.3. The van der Waals surface area contributed by atoms with Crippen molar-refractivity contribution in [3.8, 4) is 5.75 Å². The fourth-order valence-electron chi connectivity index (χ4n) is 2.73. The summed E-state index contributed by atoms with van der Waals surface area (Å²) in [6.07, 6.45) is 3.72. The van der Waals surface area contributed by atoms with Gasteiger partial charge in [-0.15, -0.1) is 0 Å². The topological polar surface area (TPSA) is 21.3 Å². The van der Waals surface area contributed by atoms with Crippen molar-refractivity contribution in [2.75, 3.05) is 12.4 Å². The Hall–Kier alpha value is -1.96. The molecule has 2 aromatic carbocycles. The molecule has 0 spiro atoms. The highest BCUT2D eigenvalue weighted by molar-refractivity contribution is 5.48. The Morgan fingerprint density at radius 1 is 1.05 bits per heavy atom. The third-order valence-electron chi connectivity index (χ3n) is 4.25. The fraction of sp³-hybridized carbons (Fsp3) is 0.368. The van der Waals surface area contributed by atoms with Gasteiger partial charge >= 0.3 is 0 Å². The van der Waals surface area contributed by atoms with Crippen molar-refractivity contribution in [3.05, 3.63) is 59.7 Å². The molecule has 0 saturated heterocycles. The van der Waals surface area contributed by atoms with Crippen molar-refractivity contribution in [3.63, 3.8) is 0 Å². The van der Waals surface area contributed by atoms with E-state index in [9.17, 15) is 0 Å². The maximum absolute atomic E-state index is 5.25. The zero-order chi connectivity index (χ0) is 14.7. The monoisotopic (exact) mass is 281 g/mol. The zero-order valence-corrected chi connectivity index (χ0v) is 12.8. The van der Waals surface area contributed by atoms with Gasteiger partial charge in [-0.3, -0.25) is 0 Å². The van der Waals surface area contributed by atoms with Gasteiger partial charge < -0.3 is 10.1 Å². The molecule has 21 heavy (non-hydrogen) atoms. The normalized spacial score (nSPS) is 15.5. The van der Waals surface area contributed by atoms with E-state index in [4.69, 9.17) is 4.74 Å². The lowest BCUT2D eigenvalue weighted by atomic mass is 10.0. The molecule has 0 heterocycles. The predicted octanol–water partition coefficient (Wildman–Crippen LogP) is 4.82. The van der Waals surface area contributed by atoms with Gasteiger partial charge in [-0.25, -0.2) is 0 Å². The van der Waals surface area contributed by atoms with Crippen LogP contribution in [0.3, 0.4) is 0 Å². The van der Waals surface area contributed by atoms with Crippen LogP contribution in [0.2, 0.25) is 0 Å². The number of nitrogens with one attached hydrogen (secondary N) is 1. The minimum atomic E-state index is 0.406. The predicted molar refractivity (Wildman–Crippen MR) is 87.9 cm³/mol. The molecule has 2 nitrogen and oxygen atoms in total. The van der Waals surface area contributed by atoms with Gasteiger partial charge in [0, 0.05) is 5.69 Å². The van der Waals surface area contributed by atoms with Crippen LogP contribution in [0.1, 0.15) is 36.9 Å². The fourth-order valence-corrected chi connectivity index (χ4v) is 2.73. The highest BCUT2D eigenvalue weighted by Gasteiger charge is 2.32. The second-order valence-electron chi connectivity index (χ2n) is 5.78. The highest BCUT2D eigenvalue weighted by atomic mass is 16.5. The van der Waals surface area contributed by atoms with Crippen molar-refractivity contribution in [1.82, 2.24) is 0 Å². The first-order valence-electron chi connectivity index (χ1n) is 7.79. The van der Waals surface area contributed by atoms with E-state index in [1.807, 2.05) is 12.1 Å². The Balaban J connectivity index is 1.77. The van der Waals surface area contributed by atoms with E-state index in [-0.39, 0.29) is 0 Å². The maximum atomic E-state index is 5.25. The lowest BCUT2D eigenvalue weighted by Crippen LogP contribution is -2.12. The molecule has 1 aliphatic carbocycles. The van der Waals surface area contributed by atoms with Gasteiger partial charge in [0.2, 0.25) is 0 Å². The van der Waals surface area contributed by atoms with Crippen LogP contribution in [0.15, 0.2) is 48.5 Å². The molecule has 1 saturated carbocycles. The van der Waals surface area contributed by atoms with Crippen LogP contribution in [0.4, 0.5) is 5.69 Å². The summed E-state index contributed by atoms with van der Waals surface area (Å²) < 4.78 is 5.25. The van der Waals surface area contributed by atoms with Gasteiger partial charge in [0.1, 0.15) is 5.75 Å². The van der Waals surface area contributed by atoms with Crippen molar-refractivity contribution < 1.29 is 4.74 Å². The van der Waals surface area contributed by atoms with Gasteiger partial charge in [-0.1, -0.05) is 31.2 Å². The lowest BCUT2D eigenvalue weighted by molar-refractivity contribution is 0.414. The summed E-state index contributed by atoms with van der Waals surface area (Å²) in [5, 5.41) is 3.71. The molecule has 2 heteroatoms. The van der Waals surface area contributed by atoms with Crippen LogP contribution in [0.5, 0.6) is 5.75 Å². The largest absolute Gasteiger partial charge is 0.497 e. The van der Waals surface area contributed by atoms with Crippen molar-refractivity contribution in [2.24, 2.45) is 5.92 Å². The molecule has 0 aliphatic heterocycles. The van der Waals surface area contributed by atoms with Gasteiger partial charge in [-0.2, -0.15) is 0 Å². The molecule has 2 aromatic rings. The Kier molecular flexibility index (Phi) is 4.14. The van der Waals surface area contributed by atoms with Gasteiger partial charge in [0.15, 0.2) is 0 Å². The van der Waals surface area contributed by atoms with Crippen LogP contribution in [0, 0.1) is 5.92 Å². The number of aryl methyl sites for hydroxylation is 1. The minimum absolute atomic E-state index is 0.406. The molecule has 1 unspecified atom stereocenters. The molecule has 0 aromatic heterocycles. The molecule has 0 amide bonds. The third kappa shape index (κ3) is 3.38. The molecule has 0 radical (unpaired) electrons. The SMILES string of the molecule is CCc1ccc(NC(c2ccc(OC)cc2)C2CC2)cc1. The summed E-state index contributed by atoms with van der Waals surface area (Å²) in [5.41, 5.74) is 3.94. The van der Waals surface area contributed by atoms with Gasteiger partial charge in [0.05, 0.1) is 13.2 Å². The van der Waals surface area contributed by atoms with E-state index in [0.717, 1.165) is 18.1 Å². The number of hydrogen-bond donors (Lipinski definition) is 1. The van der Waals surface area contributed by atoms with Crippen LogP contribution >= 0.6 is 0 Å². The van der Waals surface area contributed by atoms with E-state index < -0.39 is 0 Å². The summed E-state index contributed by atoms with van der Waals surface area (Å²) in [6, 6.07) is 17.7. The first kappa shape index (κ1) is 14.0. The average Bonchev–Trinajstić information content (AvgIpc) is 3.38. The molecule has 1 aliphatic rings. The van der Waals surface area contributed by atoms with E-state index in [0.29, 0.717) is 6.04 Å². The summed E-state index contributed by atoms with van der Waals surface area (Å²) >= 11 is 0. The van der Waals surface area contributed by atoms with Crippen LogP contribution < -0.4 is 10.1 Å². The molecule has 1 atom stereocenters. The summed E-state index contributed by atoms with van der Waals surface area (Å²) in [6.45, 7) is 2.19. The second kappa shape index (κ2) is 6.21. The molecule has 0 bridgehead atoms. The third-order valence-corrected chi connectivity index (χ3v) is 4.25. The highest BCUT2D eigenvalue weighted by Crippen LogP contribution is 2.43. The van der Waals surface area contributed by atoms with Crippen molar-refractivity contribution in [2.45, 2.75) is 32.2 Å². The average molecular weight is 281 g/mol. The number of anilines is 1. The molecule has 110 valence electrons. The summed E-state index contributed by atoms with van der Waals surface area (Å²) in [7, 11) is 1.71. The van der Waals surface area contributed by atoms with Gasteiger partial charge in [0.25, 0.3) is 0 Å². The van der Waals surface area contributed by atoms with E-state index >= 15 is 0 Å². The van der Waals surface area contributed by atoms with Crippen LogP contribution in [-0.2, 0) is 6.42 Å². The molecule has 1 N–H and O–H groups in total. The number of ether oxygens (including phenoxy) is 1.